The molecule has 0 fully saturated rings. The monoisotopic (exact) mass is 333 g/mol. The fourth-order valence-corrected chi connectivity index (χ4v) is 1.92. The third kappa shape index (κ3) is 10.5. The molecule has 23 heavy (non-hydrogen) atoms. The van der Waals surface area contributed by atoms with Gasteiger partial charge in [0, 0.05) is 13.5 Å². The molecule has 0 aromatic heterocycles. The molecule has 0 heterocycles. The molecule has 0 aliphatic rings. The van der Waals surface area contributed by atoms with Crippen LogP contribution in [0.5, 0.6) is 0 Å². The van der Waals surface area contributed by atoms with E-state index in [1.165, 1.54) is 6.92 Å². The molecule has 0 bridgehead atoms. The van der Waals surface area contributed by atoms with E-state index in [1.807, 2.05) is 13.8 Å². The van der Waals surface area contributed by atoms with Gasteiger partial charge in [0.1, 0.15) is 0 Å². The van der Waals surface area contributed by atoms with Gasteiger partial charge in [-0.15, -0.1) is 0 Å². The highest BCUT2D eigenvalue weighted by molar-refractivity contribution is 5.72. The van der Waals surface area contributed by atoms with Crippen molar-refractivity contribution in [2.45, 2.75) is 53.8 Å². The van der Waals surface area contributed by atoms with Crippen LogP contribution in [0.15, 0.2) is 0 Å². The molecule has 0 aromatic rings. The van der Waals surface area contributed by atoms with Crippen molar-refractivity contribution in [2.24, 2.45) is 17.8 Å². The van der Waals surface area contributed by atoms with Gasteiger partial charge in [-0.1, -0.05) is 27.7 Å². The maximum Gasteiger partial charge on any atom is 0.410 e. The molecule has 0 rings (SSSR count). The van der Waals surface area contributed by atoms with Crippen molar-refractivity contribution in [3.8, 4) is 0 Å². The number of carbonyl (C=O) groups is 3. The number of amides is 1. The number of rotatable bonds is 9. The highest BCUT2D eigenvalue weighted by Gasteiger charge is 2.20. The van der Waals surface area contributed by atoms with Crippen LogP contribution in [0.2, 0.25) is 0 Å². The lowest BCUT2D eigenvalue weighted by molar-refractivity contribution is -0.235. The second kappa shape index (κ2) is 10.8. The SMILES string of the molecule is CC(C)C[C@H](CNC(=O)OC(C)OC(=O)C(C)C)CC(=O)OO. The van der Waals surface area contributed by atoms with Crippen LogP contribution in [0.25, 0.3) is 0 Å². The van der Waals surface area contributed by atoms with E-state index in [0.29, 0.717) is 12.3 Å². The fourth-order valence-electron chi connectivity index (χ4n) is 1.92. The molecule has 0 radical (unpaired) electrons. The predicted molar refractivity (Wildman–Crippen MR) is 81.2 cm³/mol. The highest BCUT2D eigenvalue weighted by Crippen LogP contribution is 2.15. The second-order valence-corrected chi connectivity index (χ2v) is 6.11. The van der Waals surface area contributed by atoms with Crippen LogP contribution in [-0.4, -0.2) is 36.1 Å². The number of esters is 1. The zero-order chi connectivity index (χ0) is 18.0. The van der Waals surface area contributed by atoms with E-state index in [0.717, 1.165) is 0 Å². The molecule has 1 amide bonds. The minimum absolute atomic E-state index is 0.0210. The third-order valence-corrected chi connectivity index (χ3v) is 2.92. The highest BCUT2D eigenvalue weighted by atomic mass is 17.1. The number of carbonyl (C=O) groups excluding carboxylic acids is 3. The van der Waals surface area contributed by atoms with Gasteiger partial charge in [-0.2, -0.15) is 5.26 Å². The number of hydrogen-bond donors (Lipinski definition) is 2. The van der Waals surface area contributed by atoms with Crippen LogP contribution in [0.3, 0.4) is 0 Å². The number of ether oxygens (including phenoxy) is 2. The second-order valence-electron chi connectivity index (χ2n) is 6.11. The van der Waals surface area contributed by atoms with E-state index >= 15 is 0 Å². The first-order valence-electron chi connectivity index (χ1n) is 7.64. The average molecular weight is 333 g/mol. The quantitative estimate of drug-likeness (QED) is 0.288. The van der Waals surface area contributed by atoms with Crippen LogP contribution < -0.4 is 5.32 Å². The Morgan fingerprint density at radius 3 is 2.13 bits per heavy atom. The molecule has 0 aliphatic heterocycles. The molecule has 0 saturated carbocycles. The van der Waals surface area contributed by atoms with Gasteiger partial charge in [-0.3, -0.25) is 4.79 Å². The zero-order valence-corrected chi connectivity index (χ0v) is 14.3. The number of nitrogens with one attached hydrogen (secondary N) is 1. The molecule has 0 aliphatic carbocycles. The summed E-state index contributed by atoms with van der Waals surface area (Å²) in [7, 11) is 0. The summed E-state index contributed by atoms with van der Waals surface area (Å²) in [5.74, 6) is -1.44. The van der Waals surface area contributed by atoms with Gasteiger partial charge in [0.25, 0.3) is 0 Å². The summed E-state index contributed by atoms with van der Waals surface area (Å²) in [6, 6.07) is 0. The van der Waals surface area contributed by atoms with Crippen molar-refractivity contribution in [3.63, 3.8) is 0 Å². The lowest BCUT2D eigenvalue weighted by Gasteiger charge is -2.19. The van der Waals surface area contributed by atoms with Crippen molar-refractivity contribution >= 4 is 18.0 Å². The van der Waals surface area contributed by atoms with E-state index < -0.39 is 24.3 Å². The standard InChI is InChI=1S/C15H27NO7/c1-9(2)6-12(7-13(17)23-20)8-16-15(19)22-11(5)21-14(18)10(3)4/h9-12,20H,6-8H2,1-5H3,(H,16,19)/t11?,12-/m0/s1. The smallest absolute Gasteiger partial charge is 0.410 e. The van der Waals surface area contributed by atoms with Crippen LogP contribution >= 0.6 is 0 Å². The molecule has 8 heteroatoms. The van der Waals surface area contributed by atoms with Gasteiger partial charge in [0.15, 0.2) is 0 Å². The Kier molecular flexibility index (Phi) is 9.96. The molecule has 0 spiro atoms. The summed E-state index contributed by atoms with van der Waals surface area (Å²) in [4.78, 5) is 37.8. The van der Waals surface area contributed by atoms with Crippen LogP contribution in [-0.2, 0) is 24.0 Å². The average Bonchev–Trinajstić information content (AvgIpc) is 2.43. The molecular formula is C15H27NO7. The molecular weight excluding hydrogens is 306 g/mol. The van der Waals surface area contributed by atoms with E-state index in [2.05, 4.69) is 10.2 Å². The van der Waals surface area contributed by atoms with Crippen LogP contribution in [0.1, 0.15) is 47.5 Å². The maximum absolute atomic E-state index is 11.7. The van der Waals surface area contributed by atoms with Crippen molar-refractivity contribution in [3.05, 3.63) is 0 Å². The Morgan fingerprint density at radius 2 is 1.65 bits per heavy atom. The normalized spacial score (nSPS) is 13.4. The molecule has 134 valence electrons. The van der Waals surface area contributed by atoms with E-state index in [-0.39, 0.29) is 24.8 Å². The topological polar surface area (TPSA) is 111 Å². The van der Waals surface area contributed by atoms with Gasteiger partial charge >= 0.3 is 18.0 Å². The Balaban J connectivity index is 4.29. The van der Waals surface area contributed by atoms with Crippen LogP contribution in [0, 0.1) is 17.8 Å². The minimum Gasteiger partial charge on any atom is -0.425 e. The zero-order valence-electron chi connectivity index (χ0n) is 14.3. The summed E-state index contributed by atoms with van der Waals surface area (Å²) in [5.41, 5.74) is 0. The van der Waals surface area contributed by atoms with Crippen molar-refractivity contribution in [2.75, 3.05) is 6.54 Å². The lowest BCUT2D eigenvalue weighted by Crippen LogP contribution is -2.35. The van der Waals surface area contributed by atoms with Gasteiger partial charge in [0.2, 0.25) is 6.29 Å². The Bertz CT molecular complexity index is 395. The van der Waals surface area contributed by atoms with Crippen molar-refractivity contribution in [1.29, 1.82) is 0 Å². The lowest BCUT2D eigenvalue weighted by atomic mass is 9.94. The van der Waals surface area contributed by atoms with E-state index in [4.69, 9.17) is 14.7 Å². The summed E-state index contributed by atoms with van der Waals surface area (Å²) in [6.07, 6.45) is -1.11. The largest absolute Gasteiger partial charge is 0.425 e. The van der Waals surface area contributed by atoms with Crippen LogP contribution in [0.4, 0.5) is 4.79 Å². The minimum atomic E-state index is -1.00. The van der Waals surface area contributed by atoms with Gasteiger partial charge in [-0.05, 0) is 18.3 Å². The number of alkyl carbamates (subject to hydrolysis) is 1. The molecule has 2 atom stereocenters. The third-order valence-electron chi connectivity index (χ3n) is 2.92. The molecule has 8 nitrogen and oxygen atoms in total. The summed E-state index contributed by atoms with van der Waals surface area (Å²) in [5, 5.41) is 10.8. The Hall–Kier alpha value is -1.83. The van der Waals surface area contributed by atoms with E-state index in [9.17, 15) is 14.4 Å². The molecule has 0 saturated heterocycles. The molecule has 2 N–H and O–H groups in total. The summed E-state index contributed by atoms with van der Waals surface area (Å²) in [6.45, 7) is 8.91. The van der Waals surface area contributed by atoms with E-state index in [1.54, 1.807) is 13.8 Å². The Labute approximate surface area is 136 Å². The molecule has 0 aromatic carbocycles. The first-order valence-corrected chi connectivity index (χ1v) is 7.64. The first-order chi connectivity index (χ1) is 10.6. The van der Waals surface area contributed by atoms with Gasteiger partial charge < -0.3 is 19.7 Å². The Morgan fingerprint density at radius 1 is 1.04 bits per heavy atom. The van der Waals surface area contributed by atoms with Crippen molar-refractivity contribution < 1.29 is 34.0 Å². The predicted octanol–water partition coefficient (Wildman–Crippen LogP) is 2.33. The summed E-state index contributed by atoms with van der Waals surface area (Å²) < 4.78 is 9.81. The fraction of sp³-hybridized carbons (Fsp3) is 0.800. The van der Waals surface area contributed by atoms with Gasteiger partial charge in [-0.25, -0.2) is 9.59 Å². The maximum atomic E-state index is 11.7. The van der Waals surface area contributed by atoms with Crippen molar-refractivity contribution in [1.82, 2.24) is 5.32 Å². The number of hydrogen-bond acceptors (Lipinski definition) is 7. The van der Waals surface area contributed by atoms with Gasteiger partial charge in [0.05, 0.1) is 12.3 Å². The molecule has 1 unspecified atom stereocenters. The first kappa shape index (κ1) is 21.2. The summed E-state index contributed by atoms with van der Waals surface area (Å²) >= 11 is 0.